The molecular weight excluding hydrogens is 216 g/mol. The number of rotatable bonds is 7. The fourth-order valence-corrected chi connectivity index (χ4v) is 2.53. The van der Waals surface area contributed by atoms with E-state index in [1.165, 1.54) is 19.8 Å². The van der Waals surface area contributed by atoms with Crippen LogP contribution in [-0.2, 0) is 9.53 Å². The zero-order valence-electron chi connectivity index (χ0n) is 11.0. The highest BCUT2D eigenvalue weighted by Crippen LogP contribution is 2.40. The molecule has 1 aliphatic heterocycles. The van der Waals surface area contributed by atoms with Crippen molar-refractivity contribution >= 4 is 5.97 Å². The van der Waals surface area contributed by atoms with Crippen LogP contribution >= 0.6 is 0 Å². The number of aliphatic hydroxyl groups is 1. The van der Waals surface area contributed by atoms with Crippen LogP contribution in [-0.4, -0.2) is 22.3 Å². The summed E-state index contributed by atoms with van der Waals surface area (Å²) in [7, 11) is 0. The van der Waals surface area contributed by atoms with E-state index >= 15 is 0 Å². The quantitative estimate of drug-likeness (QED) is 0.423. The molecule has 98 valence electrons. The van der Waals surface area contributed by atoms with Gasteiger partial charge in [0.15, 0.2) is 5.60 Å². The lowest BCUT2D eigenvalue weighted by Crippen LogP contribution is -2.31. The number of cyclic esters (lactones) is 1. The van der Waals surface area contributed by atoms with Crippen LogP contribution in [0.3, 0.4) is 0 Å². The molecule has 3 heteroatoms. The molecular formula is C14H24O3. The second kappa shape index (κ2) is 5.67. The van der Waals surface area contributed by atoms with Crippen LogP contribution in [0.15, 0.2) is 12.7 Å². The minimum absolute atomic E-state index is 0.386. The maximum absolute atomic E-state index is 11.6. The summed E-state index contributed by atoms with van der Waals surface area (Å²) in [5.74, 6) is -0.491. The first-order chi connectivity index (χ1) is 7.96. The van der Waals surface area contributed by atoms with Crippen molar-refractivity contribution < 1.29 is 14.6 Å². The van der Waals surface area contributed by atoms with Crippen molar-refractivity contribution in [3.05, 3.63) is 12.7 Å². The average Bonchev–Trinajstić information content (AvgIpc) is 2.45. The minimum Gasteiger partial charge on any atom is -0.456 e. The van der Waals surface area contributed by atoms with E-state index in [2.05, 4.69) is 13.5 Å². The maximum Gasteiger partial charge on any atom is 0.338 e. The van der Waals surface area contributed by atoms with Gasteiger partial charge in [0, 0.05) is 12.8 Å². The summed E-state index contributed by atoms with van der Waals surface area (Å²) < 4.78 is 5.42. The van der Waals surface area contributed by atoms with E-state index in [4.69, 9.17) is 4.74 Å². The van der Waals surface area contributed by atoms with E-state index in [0.717, 1.165) is 19.3 Å². The Balaban J connectivity index is 2.59. The Labute approximate surface area is 104 Å². The normalized spacial score (nSPS) is 32.5. The van der Waals surface area contributed by atoms with Crippen LogP contribution in [0.5, 0.6) is 0 Å². The molecule has 0 aromatic rings. The summed E-state index contributed by atoms with van der Waals surface area (Å²) in [6, 6.07) is 0. The molecule has 0 saturated carbocycles. The number of carbonyl (C=O) groups excluding carboxylic acids is 1. The van der Waals surface area contributed by atoms with Crippen LogP contribution in [0.25, 0.3) is 0 Å². The molecule has 1 N–H and O–H groups in total. The highest BCUT2D eigenvalue weighted by molar-refractivity contribution is 5.81. The van der Waals surface area contributed by atoms with E-state index in [9.17, 15) is 9.90 Å². The summed E-state index contributed by atoms with van der Waals surface area (Å²) in [6.07, 6.45) is 8.17. The molecule has 2 unspecified atom stereocenters. The van der Waals surface area contributed by atoms with Crippen molar-refractivity contribution in [1.29, 1.82) is 0 Å². The van der Waals surface area contributed by atoms with Gasteiger partial charge in [-0.2, -0.15) is 0 Å². The first-order valence-electron chi connectivity index (χ1n) is 6.52. The average molecular weight is 240 g/mol. The van der Waals surface area contributed by atoms with Crippen LogP contribution in [0.4, 0.5) is 0 Å². The molecule has 1 saturated heterocycles. The summed E-state index contributed by atoms with van der Waals surface area (Å²) in [6.45, 7) is 7.41. The van der Waals surface area contributed by atoms with Gasteiger partial charge in [0.25, 0.3) is 0 Å². The van der Waals surface area contributed by atoms with Crippen molar-refractivity contribution in [3.63, 3.8) is 0 Å². The minimum atomic E-state index is -1.33. The van der Waals surface area contributed by atoms with Gasteiger partial charge in [-0.05, 0) is 19.8 Å². The fourth-order valence-electron chi connectivity index (χ4n) is 2.53. The number of carbonyl (C=O) groups is 1. The van der Waals surface area contributed by atoms with Gasteiger partial charge in [-0.25, -0.2) is 4.79 Å². The summed E-state index contributed by atoms with van der Waals surface area (Å²) in [5.41, 5.74) is -1.84. The number of ether oxygens (including phenoxy) is 1. The maximum atomic E-state index is 11.6. The van der Waals surface area contributed by atoms with E-state index in [1.54, 1.807) is 6.08 Å². The highest BCUT2D eigenvalue weighted by atomic mass is 16.6. The van der Waals surface area contributed by atoms with Gasteiger partial charge in [-0.3, -0.25) is 0 Å². The third-order valence-corrected chi connectivity index (χ3v) is 3.42. The molecule has 1 aliphatic rings. The Bertz CT molecular complexity index is 283. The second-order valence-electron chi connectivity index (χ2n) is 5.33. The molecule has 0 aliphatic carbocycles. The molecule has 0 radical (unpaired) electrons. The third-order valence-electron chi connectivity index (χ3n) is 3.42. The number of hydrogen-bond donors (Lipinski definition) is 1. The first-order valence-corrected chi connectivity index (χ1v) is 6.52. The lowest BCUT2D eigenvalue weighted by molar-refractivity contribution is -0.158. The fraction of sp³-hybridized carbons (Fsp3) is 0.786. The predicted molar refractivity (Wildman–Crippen MR) is 67.6 cm³/mol. The Morgan fingerprint density at radius 3 is 2.65 bits per heavy atom. The van der Waals surface area contributed by atoms with Crippen LogP contribution in [0.1, 0.15) is 58.8 Å². The lowest BCUT2D eigenvalue weighted by atomic mass is 9.85. The van der Waals surface area contributed by atoms with Gasteiger partial charge in [-0.1, -0.05) is 32.3 Å². The molecule has 2 atom stereocenters. The second-order valence-corrected chi connectivity index (χ2v) is 5.33. The van der Waals surface area contributed by atoms with Crippen molar-refractivity contribution in [3.8, 4) is 0 Å². The topological polar surface area (TPSA) is 46.5 Å². The number of esters is 1. The van der Waals surface area contributed by atoms with Crippen molar-refractivity contribution in [2.45, 2.75) is 70.0 Å². The Morgan fingerprint density at radius 2 is 2.18 bits per heavy atom. The van der Waals surface area contributed by atoms with Gasteiger partial charge in [0.2, 0.25) is 0 Å². The smallest absolute Gasteiger partial charge is 0.338 e. The molecule has 0 bridgehead atoms. The van der Waals surface area contributed by atoms with Crippen LogP contribution in [0, 0.1) is 0 Å². The van der Waals surface area contributed by atoms with Crippen molar-refractivity contribution in [2.75, 3.05) is 0 Å². The monoisotopic (exact) mass is 240 g/mol. The molecule has 17 heavy (non-hydrogen) atoms. The molecule has 0 amide bonds. The van der Waals surface area contributed by atoms with Gasteiger partial charge >= 0.3 is 5.97 Å². The van der Waals surface area contributed by atoms with Crippen molar-refractivity contribution in [1.82, 2.24) is 0 Å². The van der Waals surface area contributed by atoms with Crippen LogP contribution in [0.2, 0.25) is 0 Å². The standard InChI is InChI=1S/C14H24O3/c1-4-6-7-8-10-14(9-5-2)11-13(3,16)12(15)17-14/h5,16H,2,4,6-11H2,1,3H3. The van der Waals surface area contributed by atoms with Gasteiger partial charge in [0.05, 0.1) is 0 Å². The van der Waals surface area contributed by atoms with E-state index in [0.29, 0.717) is 12.8 Å². The number of unbranched alkanes of at least 4 members (excludes halogenated alkanes) is 3. The van der Waals surface area contributed by atoms with Gasteiger partial charge in [0.1, 0.15) is 5.60 Å². The Hall–Kier alpha value is -0.830. The largest absolute Gasteiger partial charge is 0.456 e. The zero-order chi connectivity index (χ0) is 12.9. The molecule has 1 heterocycles. The molecule has 0 aromatic heterocycles. The zero-order valence-corrected chi connectivity index (χ0v) is 11.0. The Kier molecular flexibility index (Phi) is 4.75. The van der Waals surface area contributed by atoms with Crippen molar-refractivity contribution in [2.24, 2.45) is 0 Å². The van der Waals surface area contributed by atoms with Gasteiger partial charge < -0.3 is 9.84 Å². The molecule has 1 fully saturated rings. The molecule has 1 rings (SSSR count). The first kappa shape index (κ1) is 14.2. The molecule has 3 nitrogen and oxygen atoms in total. The highest BCUT2D eigenvalue weighted by Gasteiger charge is 2.52. The summed E-state index contributed by atoms with van der Waals surface area (Å²) in [5, 5.41) is 9.92. The summed E-state index contributed by atoms with van der Waals surface area (Å²) >= 11 is 0. The van der Waals surface area contributed by atoms with Crippen LogP contribution < -0.4 is 0 Å². The van der Waals surface area contributed by atoms with E-state index in [-0.39, 0.29) is 0 Å². The van der Waals surface area contributed by atoms with E-state index < -0.39 is 17.2 Å². The number of hydrogen-bond acceptors (Lipinski definition) is 3. The van der Waals surface area contributed by atoms with E-state index in [1.807, 2.05) is 0 Å². The molecule has 0 spiro atoms. The third kappa shape index (κ3) is 3.56. The Morgan fingerprint density at radius 1 is 1.47 bits per heavy atom. The van der Waals surface area contributed by atoms with Gasteiger partial charge in [-0.15, -0.1) is 6.58 Å². The molecule has 0 aromatic carbocycles. The predicted octanol–water partition coefficient (Wildman–Crippen LogP) is 2.97. The SMILES string of the molecule is C=CCC1(CCCCCC)CC(C)(O)C(=O)O1. The summed E-state index contributed by atoms with van der Waals surface area (Å²) in [4.78, 5) is 11.6. The lowest BCUT2D eigenvalue weighted by Gasteiger charge is -2.26.